The van der Waals surface area contributed by atoms with Crippen molar-refractivity contribution in [2.24, 2.45) is 0 Å². The number of halogens is 1. The molecular formula is C16H11BrN2O5S. The Morgan fingerprint density at radius 1 is 1.04 bits per heavy atom. The third-order valence-electron chi connectivity index (χ3n) is 3.59. The minimum atomic E-state index is -3.57. The molecule has 1 aromatic heterocycles. The van der Waals surface area contributed by atoms with E-state index < -0.39 is 9.84 Å². The summed E-state index contributed by atoms with van der Waals surface area (Å²) in [6.45, 7) is 0.168. The van der Waals surface area contributed by atoms with Gasteiger partial charge in [0, 0.05) is 10.0 Å². The fourth-order valence-corrected chi connectivity index (χ4v) is 3.78. The summed E-state index contributed by atoms with van der Waals surface area (Å²) in [6.07, 6.45) is 0. The lowest BCUT2D eigenvalue weighted by molar-refractivity contribution is 0.174. The predicted molar refractivity (Wildman–Crippen MR) is 90.9 cm³/mol. The second-order valence-corrected chi connectivity index (χ2v) is 8.20. The summed E-state index contributed by atoms with van der Waals surface area (Å²) in [5, 5.41) is 3.85. The normalized spacial score (nSPS) is 13.2. The van der Waals surface area contributed by atoms with Crippen molar-refractivity contribution < 1.29 is 22.4 Å². The lowest BCUT2D eigenvalue weighted by Gasteiger charge is -2.01. The molecule has 0 spiro atoms. The highest BCUT2D eigenvalue weighted by Crippen LogP contribution is 2.35. The maximum absolute atomic E-state index is 12.4. The zero-order chi connectivity index (χ0) is 17.4. The molecular weight excluding hydrogens is 412 g/mol. The van der Waals surface area contributed by atoms with E-state index in [2.05, 4.69) is 26.1 Å². The largest absolute Gasteiger partial charge is 0.454 e. The molecule has 1 aliphatic rings. The van der Waals surface area contributed by atoms with Gasteiger partial charge in [-0.3, -0.25) is 0 Å². The van der Waals surface area contributed by atoms with Gasteiger partial charge in [0.25, 0.3) is 0 Å². The van der Waals surface area contributed by atoms with E-state index in [-0.39, 0.29) is 23.3 Å². The Kier molecular flexibility index (Phi) is 3.97. The summed E-state index contributed by atoms with van der Waals surface area (Å²) in [4.78, 5) is 4.36. The van der Waals surface area contributed by atoms with Crippen LogP contribution in [-0.2, 0) is 15.6 Å². The standard InChI is InChI=1S/C16H11BrN2O5S/c17-11-2-4-12(5-3-11)25(20,21)8-15-18-16(19-24-15)10-1-6-13-14(7-10)23-9-22-13/h1-7H,8-9H2. The molecule has 0 unspecified atom stereocenters. The molecule has 0 amide bonds. The van der Waals surface area contributed by atoms with Crippen molar-refractivity contribution in [1.29, 1.82) is 0 Å². The molecule has 0 atom stereocenters. The Morgan fingerprint density at radius 2 is 1.80 bits per heavy atom. The maximum atomic E-state index is 12.4. The summed E-state index contributed by atoms with van der Waals surface area (Å²) in [5.74, 6) is 1.18. The SMILES string of the molecule is O=S(=O)(Cc1nc(-c2ccc3c(c2)OCO3)no1)c1ccc(Br)cc1. The third kappa shape index (κ3) is 3.24. The fraction of sp³-hybridized carbons (Fsp3) is 0.125. The van der Waals surface area contributed by atoms with Gasteiger partial charge in [-0.25, -0.2) is 8.42 Å². The molecule has 0 aliphatic carbocycles. The highest BCUT2D eigenvalue weighted by atomic mass is 79.9. The predicted octanol–water partition coefficient (Wildman–Crippen LogP) is 3.20. The number of benzene rings is 2. The number of fused-ring (bicyclic) bond motifs is 1. The fourth-order valence-electron chi connectivity index (χ4n) is 2.35. The Balaban J connectivity index is 1.58. The molecule has 0 saturated carbocycles. The molecule has 2 aromatic carbocycles. The lowest BCUT2D eigenvalue weighted by Crippen LogP contribution is -2.05. The Morgan fingerprint density at radius 3 is 2.60 bits per heavy atom. The molecule has 25 heavy (non-hydrogen) atoms. The molecule has 0 bridgehead atoms. The monoisotopic (exact) mass is 422 g/mol. The maximum Gasteiger partial charge on any atom is 0.242 e. The van der Waals surface area contributed by atoms with Gasteiger partial charge in [0.1, 0.15) is 5.75 Å². The van der Waals surface area contributed by atoms with Crippen LogP contribution in [0.4, 0.5) is 0 Å². The van der Waals surface area contributed by atoms with Crippen LogP contribution in [0.25, 0.3) is 11.4 Å². The first-order valence-electron chi connectivity index (χ1n) is 7.22. The van der Waals surface area contributed by atoms with E-state index in [1.807, 2.05) is 0 Å². The Hall–Kier alpha value is -2.39. The Labute approximate surface area is 151 Å². The quantitative estimate of drug-likeness (QED) is 0.637. The van der Waals surface area contributed by atoms with Crippen molar-refractivity contribution in [3.05, 3.63) is 52.8 Å². The van der Waals surface area contributed by atoms with E-state index in [9.17, 15) is 8.42 Å². The number of rotatable bonds is 4. The molecule has 2 heterocycles. The summed E-state index contributed by atoms with van der Waals surface area (Å²) < 4.78 is 41.3. The van der Waals surface area contributed by atoms with Gasteiger partial charge < -0.3 is 14.0 Å². The molecule has 9 heteroatoms. The lowest BCUT2D eigenvalue weighted by atomic mass is 10.2. The number of nitrogens with zero attached hydrogens (tertiary/aromatic N) is 2. The van der Waals surface area contributed by atoms with Crippen LogP contribution in [0.15, 0.2) is 56.4 Å². The molecule has 0 N–H and O–H groups in total. The van der Waals surface area contributed by atoms with Crippen molar-refractivity contribution in [2.75, 3.05) is 6.79 Å². The second-order valence-electron chi connectivity index (χ2n) is 5.29. The van der Waals surface area contributed by atoms with Gasteiger partial charge in [0.15, 0.2) is 21.3 Å². The first-order chi connectivity index (χ1) is 12.0. The Bertz CT molecular complexity index is 1030. The van der Waals surface area contributed by atoms with Crippen molar-refractivity contribution in [1.82, 2.24) is 10.1 Å². The van der Waals surface area contributed by atoms with Crippen LogP contribution in [0, 0.1) is 0 Å². The first kappa shape index (κ1) is 16.1. The zero-order valence-electron chi connectivity index (χ0n) is 12.7. The van der Waals surface area contributed by atoms with Gasteiger partial charge in [-0.15, -0.1) is 0 Å². The zero-order valence-corrected chi connectivity index (χ0v) is 15.1. The van der Waals surface area contributed by atoms with Crippen LogP contribution in [0.2, 0.25) is 0 Å². The molecule has 3 aromatic rings. The minimum absolute atomic E-state index is 0.0237. The molecule has 0 saturated heterocycles. The summed E-state index contributed by atoms with van der Waals surface area (Å²) in [6, 6.07) is 11.6. The van der Waals surface area contributed by atoms with E-state index in [1.165, 1.54) is 12.1 Å². The average Bonchev–Trinajstić information content (AvgIpc) is 3.23. The first-order valence-corrected chi connectivity index (χ1v) is 9.67. The van der Waals surface area contributed by atoms with E-state index in [0.29, 0.717) is 22.9 Å². The van der Waals surface area contributed by atoms with Crippen LogP contribution in [0.5, 0.6) is 11.5 Å². The van der Waals surface area contributed by atoms with Crippen LogP contribution >= 0.6 is 15.9 Å². The van der Waals surface area contributed by atoms with Gasteiger partial charge in [0.05, 0.1) is 4.90 Å². The van der Waals surface area contributed by atoms with Gasteiger partial charge in [-0.1, -0.05) is 21.1 Å². The van der Waals surface area contributed by atoms with E-state index in [1.54, 1.807) is 30.3 Å². The molecule has 1 aliphatic heterocycles. The summed E-state index contributed by atoms with van der Waals surface area (Å²) >= 11 is 3.27. The molecule has 4 rings (SSSR count). The van der Waals surface area contributed by atoms with Crippen LogP contribution < -0.4 is 9.47 Å². The smallest absolute Gasteiger partial charge is 0.242 e. The number of sulfone groups is 1. The molecule has 0 fully saturated rings. The molecule has 7 nitrogen and oxygen atoms in total. The van der Waals surface area contributed by atoms with Crippen LogP contribution in [0.1, 0.15) is 5.89 Å². The highest BCUT2D eigenvalue weighted by Gasteiger charge is 2.21. The number of hydrogen-bond acceptors (Lipinski definition) is 7. The van der Waals surface area contributed by atoms with Crippen molar-refractivity contribution in [2.45, 2.75) is 10.6 Å². The van der Waals surface area contributed by atoms with E-state index >= 15 is 0 Å². The van der Waals surface area contributed by atoms with Crippen molar-refractivity contribution in [3.63, 3.8) is 0 Å². The van der Waals surface area contributed by atoms with E-state index in [0.717, 1.165) is 4.47 Å². The third-order valence-corrected chi connectivity index (χ3v) is 5.73. The van der Waals surface area contributed by atoms with Crippen LogP contribution in [0.3, 0.4) is 0 Å². The number of aromatic nitrogens is 2. The summed E-state index contributed by atoms with van der Waals surface area (Å²) in [7, 11) is -3.57. The second kappa shape index (κ2) is 6.16. The average molecular weight is 423 g/mol. The topological polar surface area (TPSA) is 91.5 Å². The summed E-state index contributed by atoms with van der Waals surface area (Å²) in [5.41, 5.74) is 0.653. The van der Waals surface area contributed by atoms with Crippen LogP contribution in [-0.4, -0.2) is 25.4 Å². The number of hydrogen-bond donors (Lipinski definition) is 0. The van der Waals surface area contributed by atoms with Gasteiger partial charge in [-0.05, 0) is 42.5 Å². The van der Waals surface area contributed by atoms with E-state index in [4.69, 9.17) is 14.0 Å². The number of ether oxygens (including phenoxy) is 2. The van der Waals surface area contributed by atoms with Gasteiger partial charge >= 0.3 is 0 Å². The molecule has 0 radical (unpaired) electrons. The van der Waals surface area contributed by atoms with Gasteiger partial charge in [-0.2, -0.15) is 4.98 Å². The van der Waals surface area contributed by atoms with Crippen molar-refractivity contribution in [3.8, 4) is 22.9 Å². The highest BCUT2D eigenvalue weighted by molar-refractivity contribution is 9.10. The minimum Gasteiger partial charge on any atom is -0.454 e. The van der Waals surface area contributed by atoms with Gasteiger partial charge in [0.2, 0.25) is 18.5 Å². The van der Waals surface area contributed by atoms with Crippen molar-refractivity contribution >= 4 is 25.8 Å². The molecule has 128 valence electrons.